The van der Waals surface area contributed by atoms with Gasteiger partial charge in [-0.25, -0.2) is 0 Å². The van der Waals surface area contributed by atoms with Crippen molar-refractivity contribution >= 4 is 5.97 Å². The molecule has 0 saturated carbocycles. The van der Waals surface area contributed by atoms with Gasteiger partial charge in [-0.1, -0.05) is 12.2 Å². The van der Waals surface area contributed by atoms with E-state index in [4.69, 9.17) is 10.2 Å². The van der Waals surface area contributed by atoms with Gasteiger partial charge in [0.05, 0.1) is 5.92 Å². The maximum atomic E-state index is 10.6. The third-order valence-electron chi connectivity index (χ3n) is 2.08. The van der Waals surface area contributed by atoms with Gasteiger partial charge < -0.3 is 10.2 Å². The van der Waals surface area contributed by atoms with Gasteiger partial charge in [0.25, 0.3) is 0 Å². The molecule has 0 heterocycles. The summed E-state index contributed by atoms with van der Waals surface area (Å²) in [6, 6.07) is 0. The molecule has 11 heavy (non-hydrogen) atoms. The molecule has 0 amide bonds. The topological polar surface area (TPSA) is 57.5 Å². The van der Waals surface area contributed by atoms with Gasteiger partial charge in [-0.2, -0.15) is 0 Å². The monoisotopic (exact) mass is 156 g/mol. The number of aliphatic hydroxyl groups excluding tert-OH is 1. The van der Waals surface area contributed by atoms with Crippen LogP contribution in [0, 0.1) is 11.8 Å². The van der Waals surface area contributed by atoms with Crippen LogP contribution >= 0.6 is 0 Å². The normalized spacial score (nSPS) is 30.3. The van der Waals surface area contributed by atoms with Gasteiger partial charge in [0.1, 0.15) is 0 Å². The molecule has 3 heteroatoms. The highest BCUT2D eigenvalue weighted by Gasteiger charge is 2.26. The minimum Gasteiger partial charge on any atom is -0.481 e. The zero-order valence-corrected chi connectivity index (χ0v) is 6.23. The summed E-state index contributed by atoms with van der Waals surface area (Å²) in [4.78, 5) is 10.6. The van der Waals surface area contributed by atoms with Crippen LogP contribution in [-0.2, 0) is 4.79 Å². The molecule has 3 nitrogen and oxygen atoms in total. The summed E-state index contributed by atoms with van der Waals surface area (Å²) in [7, 11) is 0. The molecule has 1 rings (SSSR count). The van der Waals surface area contributed by atoms with Crippen LogP contribution in [0.1, 0.15) is 12.8 Å². The number of carboxylic acids is 1. The Hall–Kier alpha value is -0.830. The molecular formula is C8H12O3. The van der Waals surface area contributed by atoms with E-state index in [1.165, 1.54) is 0 Å². The average molecular weight is 156 g/mol. The lowest BCUT2D eigenvalue weighted by atomic mass is 9.85. The fraction of sp³-hybridized carbons (Fsp3) is 0.625. The van der Waals surface area contributed by atoms with E-state index in [1.807, 2.05) is 6.08 Å². The van der Waals surface area contributed by atoms with Crippen molar-refractivity contribution in [1.82, 2.24) is 0 Å². The molecule has 2 atom stereocenters. The second-order valence-electron chi connectivity index (χ2n) is 2.81. The molecule has 62 valence electrons. The molecular weight excluding hydrogens is 144 g/mol. The second-order valence-corrected chi connectivity index (χ2v) is 2.81. The zero-order valence-electron chi connectivity index (χ0n) is 6.23. The molecule has 0 aromatic carbocycles. The summed E-state index contributed by atoms with van der Waals surface area (Å²) in [6.07, 6.45) is 5.21. The standard InChI is InChI=1S/C8H12O3/c9-5-6-3-1-2-4-7(6)8(10)11/h2,4,6-7,9H,1,3,5H2,(H,10,11). The Bertz CT molecular complexity index is 174. The van der Waals surface area contributed by atoms with Gasteiger partial charge in [0, 0.05) is 6.61 Å². The summed E-state index contributed by atoms with van der Waals surface area (Å²) in [5.74, 6) is -1.40. The van der Waals surface area contributed by atoms with E-state index in [0.29, 0.717) is 0 Å². The van der Waals surface area contributed by atoms with Crippen molar-refractivity contribution in [3.63, 3.8) is 0 Å². The van der Waals surface area contributed by atoms with E-state index in [9.17, 15) is 4.79 Å². The van der Waals surface area contributed by atoms with Crippen LogP contribution in [0.3, 0.4) is 0 Å². The minimum absolute atomic E-state index is 0.0265. The van der Waals surface area contributed by atoms with Gasteiger partial charge in [0.2, 0.25) is 0 Å². The number of rotatable bonds is 2. The fourth-order valence-electron chi connectivity index (χ4n) is 1.38. The lowest BCUT2D eigenvalue weighted by Gasteiger charge is -2.21. The van der Waals surface area contributed by atoms with Crippen LogP contribution in [0.5, 0.6) is 0 Å². The zero-order chi connectivity index (χ0) is 8.27. The SMILES string of the molecule is O=C(O)C1C=CCCC1CO. The Kier molecular flexibility index (Phi) is 2.65. The van der Waals surface area contributed by atoms with E-state index in [2.05, 4.69) is 0 Å². The summed E-state index contributed by atoms with van der Waals surface area (Å²) < 4.78 is 0. The Morgan fingerprint density at radius 1 is 1.64 bits per heavy atom. The van der Waals surface area contributed by atoms with Crippen LogP contribution in [-0.4, -0.2) is 22.8 Å². The van der Waals surface area contributed by atoms with Crippen molar-refractivity contribution in [3.05, 3.63) is 12.2 Å². The second kappa shape index (κ2) is 3.53. The number of aliphatic hydroxyl groups is 1. The van der Waals surface area contributed by atoms with Gasteiger partial charge in [-0.15, -0.1) is 0 Å². The number of aliphatic carboxylic acids is 1. The van der Waals surface area contributed by atoms with Crippen molar-refractivity contribution in [2.75, 3.05) is 6.61 Å². The van der Waals surface area contributed by atoms with Crippen molar-refractivity contribution in [2.45, 2.75) is 12.8 Å². The minimum atomic E-state index is -0.833. The van der Waals surface area contributed by atoms with Crippen LogP contribution in [0.15, 0.2) is 12.2 Å². The first kappa shape index (κ1) is 8.27. The number of hydrogen-bond acceptors (Lipinski definition) is 2. The smallest absolute Gasteiger partial charge is 0.310 e. The lowest BCUT2D eigenvalue weighted by molar-refractivity contribution is -0.142. The van der Waals surface area contributed by atoms with Gasteiger partial charge in [-0.05, 0) is 18.8 Å². The summed E-state index contributed by atoms with van der Waals surface area (Å²) in [5.41, 5.74) is 0. The van der Waals surface area contributed by atoms with Gasteiger partial charge in [0.15, 0.2) is 0 Å². The summed E-state index contributed by atoms with van der Waals surface area (Å²) in [6.45, 7) is -0.0265. The molecule has 0 aromatic heterocycles. The molecule has 1 aliphatic carbocycles. The third kappa shape index (κ3) is 1.80. The number of allylic oxidation sites excluding steroid dienone is 1. The Balaban J connectivity index is 2.64. The summed E-state index contributed by atoms with van der Waals surface area (Å²) in [5, 5.41) is 17.5. The van der Waals surface area contributed by atoms with E-state index in [1.54, 1.807) is 6.08 Å². The van der Waals surface area contributed by atoms with E-state index in [-0.39, 0.29) is 12.5 Å². The highest BCUT2D eigenvalue weighted by Crippen LogP contribution is 2.24. The van der Waals surface area contributed by atoms with Crippen molar-refractivity contribution in [3.8, 4) is 0 Å². The van der Waals surface area contributed by atoms with Crippen LogP contribution in [0.4, 0.5) is 0 Å². The lowest BCUT2D eigenvalue weighted by Crippen LogP contribution is -2.26. The Morgan fingerprint density at radius 3 is 2.82 bits per heavy atom. The predicted molar refractivity (Wildman–Crippen MR) is 40.1 cm³/mol. The number of hydrogen-bond donors (Lipinski definition) is 2. The van der Waals surface area contributed by atoms with E-state index >= 15 is 0 Å². The van der Waals surface area contributed by atoms with Crippen molar-refractivity contribution in [2.24, 2.45) is 11.8 Å². The maximum Gasteiger partial charge on any atom is 0.310 e. The molecule has 0 aromatic rings. The average Bonchev–Trinajstić information content (AvgIpc) is 2.04. The number of carbonyl (C=O) groups is 1. The van der Waals surface area contributed by atoms with Crippen LogP contribution in [0.25, 0.3) is 0 Å². The molecule has 0 bridgehead atoms. The molecule has 2 unspecified atom stereocenters. The highest BCUT2D eigenvalue weighted by atomic mass is 16.4. The predicted octanol–water partition coefficient (Wildman–Crippen LogP) is 0.646. The van der Waals surface area contributed by atoms with E-state index in [0.717, 1.165) is 12.8 Å². The van der Waals surface area contributed by atoms with E-state index < -0.39 is 11.9 Å². The first-order chi connectivity index (χ1) is 5.25. The summed E-state index contributed by atoms with van der Waals surface area (Å²) >= 11 is 0. The first-order valence-electron chi connectivity index (χ1n) is 3.76. The van der Waals surface area contributed by atoms with Gasteiger partial charge in [-0.3, -0.25) is 4.79 Å². The third-order valence-corrected chi connectivity index (χ3v) is 2.08. The molecule has 0 aliphatic heterocycles. The number of carboxylic acid groups (broad SMARTS) is 1. The molecule has 0 fully saturated rings. The molecule has 0 spiro atoms. The van der Waals surface area contributed by atoms with Crippen molar-refractivity contribution < 1.29 is 15.0 Å². The maximum absolute atomic E-state index is 10.6. The molecule has 0 radical (unpaired) electrons. The quantitative estimate of drug-likeness (QED) is 0.577. The van der Waals surface area contributed by atoms with Crippen LogP contribution < -0.4 is 0 Å². The van der Waals surface area contributed by atoms with Gasteiger partial charge >= 0.3 is 5.97 Å². The van der Waals surface area contributed by atoms with Crippen LogP contribution in [0.2, 0.25) is 0 Å². The first-order valence-corrected chi connectivity index (χ1v) is 3.76. The molecule has 2 N–H and O–H groups in total. The highest BCUT2D eigenvalue weighted by molar-refractivity contribution is 5.72. The Labute approximate surface area is 65.3 Å². The largest absolute Gasteiger partial charge is 0.481 e. The Morgan fingerprint density at radius 2 is 2.36 bits per heavy atom. The fourth-order valence-corrected chi connectivity index (χ4v) is 1.38. The van der Waals surface area contributed by atoms with Crippen molar-refractivity contribution in [1.29, 1.82) is 0 Å². The molecule has 1 aliphatic rings. The molecule has 0 saturated heterocycles.